The summed E-state index contributed by atoms with van der Waals surface area (Å²) in [6.45, 7) is 0. The van der Waals surface area contributed by atoms with Gasteiger partial charge in [-0.25, -0.2) is 9.78 Å². The molecule has 168 valence electrons. The topological polar surface area (TPSA) is 210 Å². The second-order valence-electron chi connectivity index (χ2n) is 6.47. The normalized spacial score (nSPS) is 20.7. The van der Waals surface area contributed by atoms with E-state index < -0.39 is 35.6 Å². The third-order valence-electron chi connectivity index (χ3n) is 4.66. The monoisotopic (exact) mass is 516 g/mol. The number of rotatable bonds is 6. The minimum atomic E-state index is -1.28. The van der Waals surface area contributed by atoms with Crippen LogP contribution in [-0.2, 0) is 14.4 Å². The maximum atomic E-state index is 12.8. The number of thiazole rings is 1. The summed E-state index contributed by atoms with van der Waals surface area (Å²) in [6, 6.07) is -1.59. The van der Waals surface area contributed by atoms with Gasteiger partial charge in [0.1, 0.15) is 21.8 Å². The van der Waals surface area contributed by atoms with Crippen molar-refractivity contribution in [2.45, 2.75) is 29.3 Å². The first-order valence-corrected chi connectivity index (χ1v) is 11.6. The summed E-state index contributed by atoms with van der Waals surface area (Å²) < 4.78 is 0.496. The Morgan fingerprint density at radius 3 is 2.59 bits per heavy atom. The molecule has 7 N–H and O–H groups in total. The van der Waals surface area contributed by atoms with Gasteiger partial charge in [0, 0.05) is 4.91 Å². The number of anilines is 2. The zero-order valence-electron chi connectivity index (χ0n) is 15.7. The van der Waals surface area contributed by atoms with E-state index in [2.05, 4.69) is 25.7 Å². The molecule has 32 heavy (non-hydrogen) atoms. The fourth-order valence-electron chi connectivity index (χ4n) is 3.37. The molecule has 2 aromatic rings. The first kappa shape index (κ1) is 22.3. The Morgan fingerprint density at radius 1 is 1.28 bits per heavy atom. The second-order valence-corrected chi connectivity index (χ2v) is 10.5. The Morgan fingerprint density at radius 2 is 2.03 bits per heavy atom. The Balaban J connectivity index is 1.53. The van der Waals surface area contributed by atoms with E-state index in [-0.39, 0.29) is 26.0 Å². The standard InChI is InChI=1S/C15H13ClN8O5S3/c16-9-6(20-13(17)31-9)7(23-29)10(25)19-5-3-1-2-4(30-15-22-21-14(18)32-15)8(12(27)28)24(3)11(5)26/h3,5,29H,1-2H2,(H2,17,20)(H2,18,21)(H,19,25)(H,27,28)/b23-7+/t3?,5-/m1/s1. The number of nitrogens with two attached hydrogens (primary N) is 2. The molecule has 0 aromatic carbocycles. The molecule has 4 rings (SSSR count). The van der Waals surface area contributed by atoms with Crippen LogP contribution in [0.25, 0.3) is 0 Å². The highest BCUT2D eigenvalue weighted by atomic mass is 35.5. The summed E-state index contributed by atoms with van der Waals surface area (Å²) in [7, 11) is 0. The van der Waals surface area contributed by atoms with Gasteiger partial charge in [-0.15, -0.1) is 10.2 Å². The number of hydrogen-bond acceptors (Lipinski definition) is 13. The summed E-state index contributed by atoms with van der Waals surface area (Å²) in [4.78, 5) is 42.7. The van der Waals surface area contributed by atoms with Gasteiger partial charge in [0.15, 0.2) is 15.2 Å². The van der Waals surface area contributed by atoms with Gasteiger partial charge < -0.3 is 27.1 Å². The lowest BCUT2D eigenvalue weighted by molar-refractivity contribution is -0.155. The molecule has 4 heterocycles. The van der Waals surface area contributed by atoms with Crippen LogP contribution in [0.15, 0.2) is 20.1 Å². The molecule has 13 nitrogen and oxygen atoms in total. The molecule has 0 saturated carbocycles. The highest BCUT2D eigenvalue weighted by Crippen LogP contribution is 2.43. The molecule has 0 spiro atoms. The third-order valence-corrected chi connectivity index (χ3v) is 7.69. The number of oxime groups is 1. The number of nitrogen functional groups attached to an aromatic ring is 2. The van der Waals surface area contributed by atoms with E-state index in [0.29, 0.717) is 22.1 Å². The Kier molecular flexibility index (Phi) is 5.93. The molecule has 1 unspecified atom stereocenters. The van der Waals surface area contributed by atoms with Crippen LogP contribution in [0, 0.1) is 0 Å². The Labute approximate surface area is 196 Å². The molecule has 2 amide bonds. The average molecular weight is 517 g/mol. The summed E-state index contributed by atoms with van der Waals surface area (Å²) in [5.41, 5.74) is 10.3. The highest BCUT2D eigenvalue weighted by Gasteiger charge is 2.54. The van der Waals surface area contributed by atoms with Crippen LogP contribution in [0.3, 0.4) is 0 Å². The van der Waals surface area contributed by atoms with Crippen molar-refractivity contribution < 1.29 is 24.7 Å². The SMILES string of the molecule is Nc1nnc(SC2=C(C(=O)O)N3C(=O)[C@H](NC(=O)/C(=N/O)c4nc(N)sc4Cl)C3CC2)s1. The molecule has 2 atom stereocenters. The summed E-state index contributed by atoms with van der Waals surface area (Å²) in [5, 5.41) is 32.2. The number of allylic oxidation sites excluding steroid dienone is 1. The van der Waals surface area contributed by atoms with Gasteiger partial charge in [0.05, 0.1) is 6.04 Å². The Bertz CT molecular complexity index is 1190. The number of hydrogen-bond donors (Lipinski definition) is 5. The number of β-lactam (4-membered cyclic amide) rings is 1. The van der Waals surface area contributed by atoms with Gasteiger partial charge in [-0.3, -0.25) is 14.5 Å². The predicted octanol–water partition coefficient (Wildman–Crippen LogP) is 0.569. The van der Waals surface area contributed by atoms with Crippen LogP contribution in [0.2, 0.25) is 4.34 Å². The van der Waals surface area contributed by atoms with Crippen molar-refractivity contribution in [2.24, 2.45) is 5.16 Å². The van der Waals surface area contributed by atoms with Crippen LogP contribution in [0.1, 0.15) is 18.5 Å². The predicted molar refractivity (Wildman–Crippen MR) is 116 cm³/mol. The van der Waals surface area contributed by atoms with Gasteiger partial charge in [-0.05, 0) is 12.8 Å². The molecule has 2 aliphatic rings. The van der Waals surface area contributed by atoms with Gasteiger partial charge in [0.2, 0.25) is 5.13 Å². The van der Waals surface area contributed by atoms with Crippen molar-refractivity contribution in [1.29, 1.82) is 0 Å². The van der Waals surface area contributed by atoms with Crippen molar-refractivity contribution in [3.05, 3.63) is 20.6 Å². The number of aliphatic carboxylic acids is 1. The first-order valence-electron chi connectivity index (χ1n) is 8.72. The zero-order valence-corrected chi connectivity index (χ0v) is 18.9. The number of nitrogens with one attached hydrogen (secondary N) is 1. The number of amides is 2. The smallest absolute Gasteiger partial charge is 0.353 e. The molecule has 1 fully saturated rings. The van der Waals surface area contributed by atoms with E-state index >= 15 is 0 Å². The van der Waals surface area contributed by atoms with E-state index in [1.807, 2.05) is 0 Å². The lowest BCUT2D eigenvalue weighted by Crippen LogP contribution is -2.72. The van der Waals surface area contributed by atoms with Crippen molar-refractivity contribution in [1.82, 2.24) is 25.4 Å². The number of aromatic nitrogens is 3. The number of fused-ring (bicyclic) bond motifs is 1. The summed E-state index contributed by atoms with van der Waals surface area (Å²) in [6.07, 6.45) is 0.724. The average Bonchev–Trinajstić information content (AvgIpc) is 3.30. The molecule has 2 aliphatic heterocycles. The number of nitrogens with zero attached hydrogens (tertiary/aromatic N) is 5. The Hall–Kier alpha value is -2.95. The van der Waals surface area contributed by atoms with Crippen LogP contribution in [-0.4, -0.2) is 66.0 Å². The lowest BCUT2D eigenvalue weighted by atomic mass is 9.86. The van der Waals surface area contributed by atoms with Crippen molar-refractivity contribution in [2.75, 3.05) is 11.5 Å². The van der Waals surface area contributed by atoms with Gasteiger partial charge >= 0.3 is 5.97 Å². The van der Waals surface area contributed by atoms with Gasteiger partial charge in [-0.1, -0.05) is 51.2 Å². The van der Waals surface area contributed by atoms with Gasteiger partial charge in [-0.2, -0.15) is 0 Å². The molecule has 0 radical (unpaired) electrons. The van der Waals surface area contributed by atoms with Gasteiger partial charge in [0.25, 0.3) is 11.8 Å². The fraction of sp³-hybridized carbons (Fsp3) is 0.267. The quantitative estimate of drug-likeness (QED) is 0.155. The van der Waals surface area contributed by atoms with Crippen LogP contribution in [0.5, 0.6) is 0 Å². The second kappa shape index (κ2) is 8.53. The summed E-state index contributed by atoms with van der Waals surface area (Å²) >= 11 is 9.04. The third kappa shape index (κ3) is 3.85. The lowest BCUT2D eigenvalue weighted by Gasteiger charge is -2.49. The van der Waals surface area contributed by atoms with Crippen LogP contribution < -0.4 is 16.8 Å². The number of carboxylic acid groups (broad SMARTS) is 1. The van der Waals surface area contributed by atoms with Crippen LogP contribution >= 0.6 is 46.0 Å². The van der Waals surface area contributed by atoms with Crippen molar-refractivity contribution in [3.8, 4) is 0 Å². The summed E-state index contributed by atoms with van der Waals surface area (Å²) in [5.74, 6) is -2.80. The molecule has 0 aliphatic carbocycles. The largest absolute Gasteiger partial charge is 0.477 e. The molecular formula is C15H13ClN8O5S3. The van der Waals surface area contributed by atoms with Crippen LogP contribution in [0.4, 0.5) is 10.3 Å². The van der Waals surface area contributed by atoms with E-state index in [1.54, 1.807) is 0 Å². The van der Waals surface area contributed by atoms with Crippen molar-refractivity contribution >= 4 is 79.8 Å². The molecule has 0 bridgehead atoms. The number of carbonyl (C=O) groups is 3. The number of carbonyl (C=O) groups excluding carboxylic acids is 2. The molecule has 1 saturated heterocycles. The zero-order chi connectivity index (χ0) is 23.2. The molecular weight excluding hydrogens is 504 g/mol. The highest BCUT2D eigenvalue weighted by molar-refractivity contribution is 8.04. The molecule has 2 aromatic heterocycles. The minimum absolute atomic E-state index is 0.0414. The van der Waals surface area contributed by atoms with E-state index in [9.17, 15) is 24.7 Å². The fourth-order valence-corrected chi connectivity index (χ4v) is 6.16. The maximum Gasteiger partial charge on any atom is 0.353 e. The minimum Gasteiger partial charge on any atom is -0.477 e. The van der Waals surface area contributed by atoms with E-state index in [4.69, 9.17) is 23.1 Å². The number of carboxylic acids is 1. The van der Waals surface area contributed by atoms with E-state index in [1.165, 1.54) is 0 Å². The van der Waals surface area contributed by atoms with E-state index in [0.717, 1.165) is 39.3 Å². The maximum absolute atomic E-state index is 12.8. The first-order chi connectivity index (χ1) is 15.2. The van der Waals surface area contributed by atoms with Crippen molar-refractivity contribution in [3.63, 3.8) is 0 Å². The molecule has 17 heteroatoms. The number of halogens is 1. The number of thioether (sulfide) groups is 1.